The molecule has 0 aliphatic carbocycles. The van der Waals surface area contributed by atoms with Gasteiger partial charge in [0.05, 0.1) is 11.7 Å². The van der Waals surface area contributed by atoms with Gasteiger partial charge in [-0.1, -0.05) is 18.2 Å². The van der Waals surface area contributed by atoms with Crippen molar-refractivity contribution in [3.05, 3.63) is 78.1 Å². The number of aromatic amines is 1. The van der Waals surface area contributed by atoms with Gasteiger partial charge in [-0.3, -0.25) is 10.4 Å². The van der Waals surface area contributed by atoms with E-state index < -0.39 is 0 Å². The van der Waals surface area contributed by atoms with Gasteiger partial charge < -0.3 is 16.0 Å². The number of piperidine rings is 1. The monoisotopic (exact) mass is 429 g/mol. The van der Waals surface area contributed by atoms with Gasteiger partial charge in [-0.2, -0.15) is 0 Å². The number of fused-ring (bicyclic) bond motifs is 2. The Morgan fingerprint density at radius 3 is 2.81 bits per heavy atom. The van der Waals surface area contributed by atoms with Crippen molar-refractivity contribution in [1.29, 1.82) is 0 Å². The van der Waals surface area contributed by atoms with Crippen LogP contribution in [0.25, 0.3) is 22.2 Å². The molecule has 0 spiro atoms. The molecule has 4 unspecified atom stereocenters. The van der Waals surface area contributed by atoms with E-state index in [-0.39, 0.29) is 17.9 Å². The highest BCUT2D eigenvalue weighted by atomic mass is 19.1. The Hall–Kier alpha value is -3.33. The molecule has 7 nitrogen and oxygen atoms in total. The second-order valence-electron chi connectivity index (χ2n) is 8.61. The van der Waals surface area contributed by atoms with Crippen molar-refractivity contribution in [2.24, 2.45) is 5.92 Å². The second-order valence-corrected chi connectivity index (χ2v) is 8.61. The summed E-state index contributed by atoms with van der Waals surface area (Å²) in [6.07, 6.45) is 6.21. The summed E-state index contributed by atoms with van der Waals surface area (Å²) < 4.78 is 14.5. The molecule has 0 radical (unpaired) electrons. The third-order valence-electron chi connectivity index (χ3n) is 6.70. The molecule has 2 fully saturated rings. The molecular formula is C24H24FN7. The highest BCUT2D eigenvalue weighted by Gasteiger charge is 2.42. The molecule has 0 bridgehead atoms. The normalized spacial score (nSPS) is 25.2. The summed E-state index contributed by atoms with van der Waals surface area (Å²) in [6, 6.07) is 13.4. The molecular weight excluding hydrogens is 405 g/mol. The third kappa shape index (κ3) is 3.24. The molecule has 32 heavy (non-hydrogen) atoms. The number of hydrogen-bond acceptors (Lipinski definition) is 6. The van der Waals surface area contributed by atoms with Crippen LogP contribution in [0.4, 0.5) is 10.1 Å². The van der Waals surface area contributed by atoms with Crippen LogP contribution < -0.4 is 21.9 Å². The molecule has 1 aromatic carbocycles. The minimum absolute atomic E-state index is 0.0845. The van der Waals surface area contributed by atoms with Gasteiger partial charge in [-0.25, -0.2) is 14.8 Å². The Balaban J connectivity index is 1.34. The maximum atomic E-state index is 14.5. The number of halogens is 1. The summed E-state index contributed by atoms with van der Waals surface area (Å²) in [5.41, 5.74) is 17.9. The fraction of sp³-hybridized carbons (Fsp3) is 0.250. The topological polar surface area (TPSA) is 104 Å². The number of rotatable bonds is 3. The molecule has 162 valence electrons. The third-order valence-corrected chi connectivity index (χ3v) is 6.70. The van der Waals surface area contributed by atoms with E-state index >= 15 is 0 Å². The largest absolute Gasteiger partial charge is 0.397 e. The highest BCUT2D eigenvalue weighted by Crippen LogP contribution is 2.40. The van der Waals surface area contributed by atoms with Crippen molar-refractivity contribution in [2.45, 2.75) is 24.5 Å². The van der Waals surface area contributed by atoms with Gasteiger partial charge in [0.2, 0.25) is 0 Å². The molecule has 6 rings (SSSR count). The van der Waals surface area contributed by atoms with Crippen LogP contribution >= 0.6 is 0 Å². The number of hydrogen-bond donors (Lipinski definition) is 5. The molecule has 5 heterocycles. The van der Waals surface area contributed by atoms with E-state index in [1.165, 1.54) is 6.07 Å². The van der Waals surface area contributed by atoms with E-state index in [4.69, 9.17) is 5.73 Å². The molecule has 2 aliphatic heterocycles. The van der Waals surface area contributed by atoms with Gasteiger partial charge in [0, 0.05) is 59.8 Å². The summed E-state index contributed by atoms with van der Waals surface area (Å²) in [4.78, 5) is 12.2. The van der Waals surface area contributed by atoms with Crippen LogP contribution in [0.3, 0.4) is 0 Å². The Labute approximate surface area is 184 Å². The predicted molar refractivity (Wildman–Crippen MR) is 122 cm³/mol. The lowest BCUT2D eigenvalue weighted by Crippen LogP contribution is -2.46. The molecule has 8 heteroatoms. The van der Waals surface area contributed by atoms with Crippen LogP contribution in [0, 0.1) is 11.7 Å². The van der Waals surface area contributed by atoms with Crippen LogP contribution in [0.1, 0.15) is 29.8 Å². The maximum Gasteiger partial charge on any atom is 0.138 e. The first-order chi connectivity index (χ1) is 15.7. The average Bonchev–Trinajstić information content (AvgIpc) is 3.43. The van der Waals surface area contributed by atoms with Crippen LogP contribution in [0.2, 0.25) is 0 Å². The minimum Gasteiger partial charge on any atom is -0.397 e. The zero-order chi connectivity index (χ0) is 21.7. The molecule has 2 saturated heterocycles. The number of benzene rings is 1. The molecule has 6 N–H and O–H groups in total. The zero-order valence-corrected chi connectivity index (χ0v) is 17.3. The predicted octanol–water partition coefficient (Wildman–Crippen LogP) is 3.21. The van der Waals surface area contributed by atoms with Gasteiger partial charge in [0.25, 0.3) is 0 Å². The van der Waals surface area contributed by atoms with Crippen molar-refractivity contribution >= 4 is 16.7 Å². The van der Waals surface area contributed by atoms with E-state index in [0.29, 0.717) is 23.2 Å². The van der Waals surface area contributed by atoms with Gasteiger partial charge >= 0.3 is 0 Å². The second kappa shape index (κ2) is 7.67. The van der Waals surface area contributed by atoms with Crippen molar-refractivity contribution in [1.82, 2.24) is 31.1 Å². The lowest BCUT2D eigenvalue weighted by molar-refractivity contribution is 0.265. The van der Waals surface area contributed by atoms with Crippen molar-refractivity contribution in [3.8, 4) is 11.1 Å². The van der Waals surface area contributed by atoms with Gasteiger partial charge in [-0.05, 0) is 41.8 Å². The summed E-state index contributed by atoms with van der Waals surface area (Å²) in [7, 11) is 0. The summed E-state index contributed by atoms with van der Waals surface area (Å²) in [5.74, 6) is 0.119. The lowest BCUT2D eigenvalue weighted by Gasteiger charge is -2.34. The molecule has 4 atom stereocenters. The van der Waals surface area contributed by atoms with Gasteiger partial charge in [-0.15, -0.1) is 0 Å². The van der Waals surface area contributed by atoms with E-state index in [1.807, 2.05) is 24.4 Å². The molecule has 0 amide bonds. The van der Waals surface area contributed by atoms with Gasteiger partial charge in [0.1, 0.15) is 11.5 Å². The van der Waals surface area contributed by atoms with E-state index in [2.05, 4.69) is 37.2 Å². The van der Waals surface area contributed by atoms with Crippen LogP contribution in [0.5, 0.6) is 0 Å². The summed E-state index contributed by atoms with van der Waals surface area (Å²) in [6.45, 7) is 0.840. The first kappa shape index (κ1) is 19.4. The average molecular weight is 430 g/mol. The number of hydrazine groups is 1. The number of nitrogen functional groups attached to an aromatic ring is 1. The quantitative estimate of drug-likeness (QED) is 0.343. The van der Waals surface area contributed by atoms with Crippen LogP contribution in [-0.4, -0.2) is 27.5 Å². The van der Waals surface area contributed by atoms with E-state index in [1.54, 1.807) is 24.5 Å². The number of H-pyrrole nitrogens is 1. The van der Waals surface area contributed by atoms with Crippen LogP contribution in [-0.2, 0) is 0 Å². The Morgan fingerprint density at radius 1 is 1.03 bits per heavy atom. The lowest BCUT2D eigenvalue weighted by atomic mass is 9.81. The van der Waals surface area contributed by atoms with Crippen LogP contribution in [0.15, 0.2) is 61.1 Å². The van der Waals surface area contributed by atoms with E-state index in [9.17, 15) is 4.39 Å². The smallest absolute Gasteiger partial charge is 0.138 e. The van der Waals surface area contributed by atoms with Crippen molar-refractivity contribution in [3.63, 3.8) is 0 Å². The fourth-order valence-corrected chi connectivity index (χ4v) is 5.13. The molecule has 2 aliphatic rings. The Morgan fingerprint density at radius 2 is 1.94 bits per heavy atom. The summed E-state index contributed by atoms with van der Waals surface area (Å²) >= 11 is 0. The number of nitrogens with two attached hydrogens (primary N) is 1. The summed E-state index contributed by atoms with van der Waals surface area (Å²) in [5, 5.41) is 4.53. The first-order valence-electron chi connectivity index (χ1n) is 10.8. The standard InChI is InChI=1S/C24H24FN7/c25-19-4-2-1-3-16(19)15-5-6-28-24-17(15)8-21(30-24)23-18-9-20(29-12-22(18)31-32-23)13-7-14(26)11-27-10-13/h1-8,10-11,18,20,22-23,29,31-32H,9,12,26H2,(H,28,30). The molecule has 4 aromatic rings. The minimum atomic E-state index is -0.236. The SMILES string of the molecule is Nc1cncc(C2CC3C(CN2)NNC3c2cc3c(-c4ccccc4F)ccnc3[nH]2)c1. The zero-order valence-electron chi connectivity index (χ0n) is 17.3. The maximum absolute atomic E-state index is 14.5. The Kier molecular flexibility index (Phi) is 4.64. The Bertz CT molecular complexity index is 1290. The number of aromatic nitrogens is 3. The number of nitrogens with one attached hydrogen (secondary N) is 4. The number of nitrogens with zero attached hydrogens (tertiary/aromatic N) is 2. The molecule has 3 aromatic heterocycles. The number of pyridine rings is 2. The molecule has 0 saturated carbocycles. The number of anilines is 1. The fourth-order valence-electron chi connectivity index (χ4n) is 5.13. The van der Waals surface area contributed by atoms with Crippen molar-refractivity contribution in [2.75, 3.05) is 12.3 Å². The van der Waals surface area contributed by atoms with Crippen molar-refractivity contribution < 1.29 is 4.39 Å². The van der Waals surface area contributed by atoms with E-state index in [0.717, 1.165) is 40.8 Å². The van der Waals surface area contributed by atoms with Gasteiger partial charge in [0.15, 0.2) is 0 Å². The first-order valence-corrected chi connectivity index (χ1v) is 10.8. The highest BCUT2D eigenvalue weighted by molar-refractivity contribution is 5.93.